The minimum atomic E-state index is 0.426. The smallest absolute Gasteiger partial charge is 0.119 e. The molecule has 0 atom stereocenters. The normalized spacial score (nSPS) is 23.5. The summed E-state index contributed by atoms with van der Waals surface area (Å²) in [7, 11) is 0. The Hall–Kier alpha value is -1.06. The minimum Gasteiger partial charge on any atom is -0.492 e. The Labute approximate surface area is 116 Å². The summed E-state index contributed by atoms with van der Waals surface area (Å²) >= 11 is 0. The standard InChI is InChI=1S/C16H26N2O/c1-2-18(15-10-8-14(17)9-11-15)12-13-19-16-6-4-3-5-7-16/h3-7,14-15H,2,8-13,17H2,1H3. The van der Waals surface area contributed by atoms with E-state index in [1.54, 1.807) is 0 Å². The van der Waals surface area contributed by atoms with Gasteiger partial charge < -0.3 is 10.5 Å². The average molecular weight is 262 g/mol. The highest BCUT2D eigenvalue weighted by Crippen LogP contribution is 2.21. The predicted molar refractivity (Wildman–Crippen MR) is 79.4 cm³/mol. The molecule has 3 heteroatoms. The average Bonchev–Trinajstić information content (AvgIpc) is 2.46. The first-order valence-corrected chi connectivity index (χ1v) is 7.47. The van der Waals surface area contributed by atoms with E-state index in [-0.39, 0.29) is 0 Å². The molecule has 0 aromatic heterocycles. The molecular formula is C16H26N2O. The maximum absolute atomic E-state index is 5.97. The lowest BCUT2D eigenvalue weighted by atomic mass is 9.91. The molecule has 0 heterocycles. The van der Waals surface area contributed by atoms with Crippen LogP contribution in [-0.4, -0.2) is 36.7 Å². The highest BCUT2D eigenvalue weighted by atomic mass is 16.5. The van der Waals surface area contributed by atoms with Crippen molar-refractivity contribution in [3.63, 3.8) is 0 Å². The molecule has 0 saturated heterocycles. The van der Waals surface area contributed by atoms with Crippen LogP contribution >= 0.6 is 0 Å². The number of hydrogen-bond acceptors (Lipinski definition) is 3. The zero-order chi connectivity index (χ0) is 13.5. The van der Waals surface area contributed by atoms with Gasteiger partial charge in [-0.1, -0.05) is 25.1 Å². The molecule has 0 aliphatic heterocycles. The van der Waals surface area contributed by atoms with E-state index in [0.29, 0.717) is 12.1 Å². The quantitative estimate of drug-likeness (QED) is 0.856. The van der Waals surface area contributed by atoms with Crippen LogP contribution in [0.4, 0.5) is 0 Å². The first kappa shape index (κ1) is 14.4. The third-order valence-corrected chi connectivity index (χ3v) is 4.05. The molecule has 1 saturated carbocycles. The molecule has 1 aliphatic carbocycles. The minimum absolute atomic E-state index is 0.426. The van der Waals surface area contributed by atoms with Gasteiger partial charge in [0, 0.05) is 18.6 Å². The Bertz CT molecular complexity index is 347. The summed E-state index contributed by atoms with van der Waals surface area (Å²) in [5.74, 6) is 0.962. The highest BCUT2D eigenvalue weighted by Gasteiger charge is 2.22. The Morgan fingerprint density at radius 1 is 1.16 bits per heavy atom. The van der Waals surface area contributed by atoms with Crippen molar-refractivity contribution in [2.45, 2.75) is 44.7 Å². The summed E-state index contributed by atoms with van der Waals surface area (Å²) in [6, 6.07) is 11.2. The molecule has 0 bridgehead atoms. The lowest BCUT2D eigenvalue weighted by molar-refractivity contribution is 0.132. The van der Waals surface area contributed by atoms with Gasteiger partial charge in [0.25, 0.3) is 0 Å². The van der Waals surface area contributed by atoms with Crippen molar-refractivity contribution in [1.29, 1.82) is 0 Å². The van der Waals surface area contributed by atoms with Gasteiger partial charge >= 0.3 is 0 Å². The number of hydrogen-bond donors (Lipinski definition) is 1. The molecule has 19 heavy (non-hydrogen) atoms. The van der Waals surface area contributed by atoms with Crippen molar-refractivity contribution < 1.29 is 4.74 Å². The third-order valence-electron chi connectivity index (χ3n) is 4.05. The van der Waals surface area contributed by atoms with E-state index in [2.05, 4.69) is 11.8 Å². The fourth-order valence-electron chi connectivity index (χ4n) is 2.86. The zero-order valence-electron chi connectivity index (χ0n) is 11.9. The largest absolute Gasteiger partial charge is 0.492 e. The fraction of sp³-hybridized carbons (Fsp3) is 0.625. The molecule has 1 aromatic rings. The lowest BCUT2D eigenvalue weighted by Crippen LogP contribution is -2.42. The van der Waals surface area contributed by atoms with Crippen molar-refractivity contribution >= 4 is 0 Å². The van der Waals surface area contributed by atoms with Gasteiger partial charge in [0.15, 0.2) is 0 Å². The van der Waals surface area contributed by atoms with Crippen LogP contribution in [0.5, 0.6) is 5.75 Å². The van der Waals surface area contributed by atoms with Crippen LogP contribution in [0.1, 0.15) is 32.6 Å². The maximum Gasteiger partial charge on any atom is 0.119 e. The zero-order valence-corrected chi connectivity index (χ0v) is 11.9. The Morgan fingerprint density at radius 2 is 1.84 bits per heavy atom. The van der Waals surface area contributed by atoms with E-state index in [1.807, 2.05) is 30.3 Å². The van der Waals surface area contributed by atoms with Gasteiger partial charge in [-0.25, -0.2) is 0 Å². The Morgan fingerprint density at radius 3 is 2.47 bits per heavy atom. The summed E-state index contributed by atoms with van der Waals surface area (Å²) in [5, 5.41) is 0. The summed E-state index contributed by atoms with van der Waals surface area (Å²) < 4.78 is 5.78. The van der Waals surface area contributed by atoms with Gasteiger partial charge in [0.2, 0.25) is 0 Å². The molecule has 0 amide bonds. The molecule has 1 fully saturated rings. The Balaban J connectivity index is 1.73. The van der Waals surface area contributed by atoms with E-state index in [0.717, 1.165) is 25.4 Å². The van der Waals surface area contributed by atoms with E-state index in [4.69, 9.17) is 10.5 Å². The number of likely N-dealkylation sites (N-methyl/N-ethyl adjacent to an activating group) is 1. The van der Waals surface area contributed by atoms with Crippen molar-refractivity contribution in [2.24, 2.45) is 5.73 Å². The number of ether oxygens (including phenoxy) is 1. The molecule has 2 N–H and O–H groups in total. The molecule has 3 nitrogen and oxygen atoms in total. The fourth-order valence-corrected chi connectivity index (χ4v) is 2.86. The predicted octanol–water partition coefficient (Wildman–Crippen LogP) is 2.66. The van der Waals surface area contributed by atoms with Gasteiger partial charge in [-0.15, -0.1) is 0 Å². The Kier molecular flexibility index (Phi) is 5.67. The van der Waals surface area contributed by atoms with E-state index < -0.39 is 0 Å². The van der Waals surface area contributed by atoms with Crippen LogP contribution in [0.25, 0.3) is 0 Å². The van der Waals surface area contributed by atoms with Crippen LogP contribution in [0.2, 0.25) is 0 Å². The van der Waals surface area contributed by atoms with Gasteiger partial charge in [-0.2, -0.15) is 0 Å². The molecule has 2 rings (SSSR count). The second-order valence-corrected chi connectivity index (χ2v) is 5.36. The molecular weight excluding hydrogens is 236 g/mol. The first-order valence-electron chi connectivity index (χ1n) is 7.47. The van der Waals surface area contributed by atoms with Crippen LogP contribution in [0, 0.1) is 0 Å². The summed E-state index contributed by atoms with van der Waals surface area (Å²) in [4.78, 5) is 2.54. The van der Waals surface area contributed by atoms with Gasteiger partial charge in [-0.3, -0.25) is 4.90 Å². The van der Waals surface area contributed by atoms with Crippen LogP contribution in [0.15, 0.2) is 30.3 Å². The first-order chi connectivity index (χ1) is 9.29. The van der Waals surface area contributed by atoms with Crippen molar-refractivity contribution in [3.05, 3.63) is 30.3 Å². The van der Waals surface area contributed by atoms with Crippen molar-refractivity contribution in [1.82, 2.24) is 4.90 Å². The highest BCUT2D eigenvalue weighted by molar-refractivity contribution is 5.20. The summed E-state index contributed by atoms with van der Waals surface area (Å²) in [6.45, 7) is 5.10. The van der Waals surface area contributed by atoms with Crippen LogP contribution in [0.3, 0.4) is 0 Å². The second-order valence-electron chi connectivity index (χ2n) is 5.36. The molecule has 1 aromatic carbocycles. The SMILES string of the molecule is CCN(CCOc1ccccc1)C1CCC(N)CC1. The van der Waals surface area contributed by atoms with Gasteiger partial charge in [0.05, 0.1) is 0 Å². The number of rotatable bonds is 6. The van der Waals surface area contributed by atoms with Crippen LogP contribution < -0.4 is 10.5 Å². The number of para-hydroxylation sites is 1. The second kappa shape index (κ2) is 7.51. The molecule has 106 valence electrons. The van der Waals surface area contributed by atoms with Crippen molar-refractivity contribution in [3.8, 4) is 5.75 Å². The van der Waals surface area contributed by atoms with E-state index in [9.17, 15) is 0 Å². The summed E-state index contributed by atoms with van der Waals surface area (Å²) in [5.41, 5.74) is 5.97. The number of nitrogens with two attached hydrogens (primary N) is 1. The van der Waals surface area contributed by atoms with E-state index in [1.165, 1.54) is 25.7 Å². The topological polar surface area (TPSA) is 38.5 Å². The van der Waals surface area contributed by atoms with Gasteiger partial charge in [-0.05, 0) is 44.4 Å². The molecule has 0 unspecified atom stereocenters. The summed E-state index contributed by atoms with van der Waals surface area (Å²) in [6.07, 6.45) is 4.81. The number of nitrogens with zero attached hydrogens (tertiary/aromatic N) is 1. The monoisotopic (exact) mass is 262 g/mol. The van der Waals surface area contributed by atoms with Crippen molar-refractivity contribution in [2.75, 3.05) is 19.7 Å². The van der Waals surface area contributed by atoms with Gasteiger partial charge in [0.1, 0.15) is 12.4 Å². The number of benzene rings is 1. The van der Waals surface area contributed by atoms with Crippen LogP contribution in [-0.2, 0) is 0 Å². The van der Waals surface area contributed by atoms with E-state index >= 15 is 0 Å². The third kappa shape index (κ3) is 4.51. The molecule has 0 spiro atoms. The lowest BCUT2D eigenvalue weighted by Gasteiger charge is -2.35. The maximum atomic E-state index is 5.97. The molecule has 0 radical (unpaired) electrons. The molecule has 1 aliphatic rings.